The summed E-state index contributed by atoms with van der Waals surface area (Å²) in [5.41, 5.74) is 2.75. The van der Waals surface area contributed by atoms with Gasteiger partial charge in [-0.25, -0.2) is 24.6 Å². The molecule has 0 aliphatic heterocycles. The fourth-order valence-corrected chi connectivity index (χ4v) is 5.00. The highest BCUT2D eigenvalue weighted by Gasteiger charge is 2.34. The summed E-state index contributed by atoms with van der Waals surface area (Å²) in [7, 11) is 1.83. The predicted molar refractivity (Wildman–Crippen MR) is 154 cm³/mol. The highest BCUT2D eigenvalue weighted by atomic mass is 16.6. The minimum absolute atomic E-state index is 0.0247. The van der Waals surface area contributed by atoms with E-state index < -0.39 is 6.09 Å². The number of aryl methyl sites for hydroxylation is 1. The zero-order chi connectivity index (χ0) is 30.5. The number of nitrogens with zero attached hydrogens (tertiary/aromatic N) is 9. The third-order valence-electron chi connectivity index (χ3n) is 7.24. The van der Waals surface area contributed by atoms with E-state index in [1.807, 2.05) is 49.6 Å². The lowest BCUT2D eigenvalue weighted by atomic mass is 9.92. The van der Waals surface area contributed by atoms with Gasteiger partial charge >= 0.3 is 12.1 Å². The molecule has 14 nitrogen and oxygen atoms in total. The van der Waals surface area contributed by atoms with Crippen LogP contribution in [-0.2, 0) is 18.4 Å². The van der Waals surface area contributed by atoms with Crippen molar-refractivity contribution in [2.24, 2.45) is 7.05 Å². The lowest BCUT2D eigenvalue weighted by Gasteiger charge is -2.34. The second-order valence-electron chi connectivity index (χ2n) is 10.2. The number of benzene rings is 1. The number of rotatable bonds is 8. The number of carbonyl (C=O) groups is 1. The van der Waals surface area contributed by atoms with Crippen molar-refractivity contribution in [3.8, 4) is 40.3 Å². The molecule has 1 aliphatic rings. The molecule has 1 aromatic carbocycles. The molecule has 0 spiro atoms. The van der Waals surface area contributed by atoms with Crippen LogP contribution in [0.2, 0.25) is 0 Å². The standard InChI is InChI=1S/C30H27N9O5/c1-38-16-22(15-35-38)21-13-32-28(33-14-21)39(30(41)42-17-19-5-3-2-4-6-19)23-7-9-24(10-8-23)44-29-34-12-20(11-31)26(36-29)27-25(40)18-43-37-27/h2-6,12-16,18,23-24,40H,7-10,17H2,1H3/t23-,24-. The van der Waals surface area contributed by atoms with Crippen molar-refractivity contribution in [3.05, 3.63) is 78.7 Å². The first-order valence-electron chi connectivity index (χ1n) is 13.9. The van der Waals surface area contributed by atoms with Gasteiger partial charge in [-0.1, -0.05) is 35.5 Å². The van der Waals surface area contributed by atoms with Crippen LogP contribution in [0.25, 0.3) is 22.5 Å². The fraction of sp³-hybridized carbons (Fsp3) is 0.267. The monoisotopic (exact) mass is 593 g/mol. The summed E-state index contributed by atoms with van der Waals surface area (Å²) < 4.78 is 18.2. The molecular formula is C30H27N9O5. The molecule has 4 heterocycles. The van der Waals surface area contributed by atoms with E-state index in [-0.39, 0.29) is 53.4 Å². The van der Waals surface area contributed by atoms with Crippen LogP contribution in [0.1, 0.15) is 36.8 Å². The number of aromatic nitrogens is 7. The van der Waals surface area contributed by atoms with Gasteiger partial charge in [-0.15, -0.1) is 0 Å². The highest BCUT2D eigenvalue weighted by molar-refractivity contribution is 5.86. The van der Waals surface area contributed by atoms with E-state index in [0.29, 0.717) is 25.7 Å². The number of ether oxygens (including phenoxy) is 2. The van der Waals surface area contributed by atoms with E-state index in [1.54, 1.807) is 23.3 Å². The molecule has 6 rings (SSSR count). The van der Waals surface area contributed by atoms with Gasteiger partial charge in [-0.2, -0.15) is 15.3 Å². The van der Waals surface area contributed by atoms with E-state index in [9.17, 15) is 15.2 Å². The molecule has 0 atom stereocenters. The van der Waals surface area contributed by atoms with Crippen molar-refractivity contribution in [1.82, 2.24) is 34.9 Å². The summed E-state index contributed by atoms with van der Waals surface area (Å²) in [4.78, 5) is 32.5. The Bertz CT molecular complexity index is 1770. The van der Waals surface area contributed by atoms with Crippen molar-refractivity contribution in [3.63, 3.8) is 0 Å². The molecule has 1 saturated carbocycles. The summed E-state index contributed by atoms with van der Waals surface area (Å²) in [5, 5.41) is 27.4. The van der Waals surface area contributed by atoms with Crippen LogP contribution in [-0.4, -0.2) is 58.2 Å². The van der Waals surface area contributed by atoms with Gasteiger partial charge in [0.05, 0.1) is 18.0 Å². The van der Waals surface area contributed by atoms with Crippen molar-refractivity contribution in [2.45, 2.75) is 44.4 Å². The Labute approximate surface area is 251 Å². The number of carbonyl (C=O) groups excluding carboxylic acids is 1. The van der Waals surface area contributed by atoms with Gasteiger partial charge in [0.2, 0.25) is 5.95 Å². The summed E-state index contributed by atoms with van der Waals surface area (Å²) >= 11 is 0. The molecule has 1 amide bonds. The van der Waals surface area contributed by atoms with Crippen molar-refractivity contribution in [2.75, 3.05) is 4.90 Å². The van der Waals surface area contributed by atoms with Crippen LogP contribution in [0.4, 0.5) is 10.7 Å². The zero-order valence-electron chi connectivity index (χ0n) is 23.6. The number of aromatic hydroxyl groups is 1. The number of nitriles is 1. The first kappa shape index (κ1) is 28.3. The number of anilines is 1. The highest BCUT2D eigenvalue weighted by Crippen LogP contribution is 2.32. The summed E-state index contributed by atoms with van der Waals surface area (Å²) in [6, 6.07) is 11.2. The fourth-order valence-electron chi connectivity index (χ4n) is 5.00. The molecule has 1 fully saturated rings. The molecule has 1 aliphatic carbocycles. The molecule has 14 heteroatoms. The van der Waals surface area contributed by atoms with Crippen molar-refractivity contribution < 1.29 is 23.9 Å². The summed E-state index contributed by atoms with van der Waals surface area (Å²) in [5.74, 6) is -0.00542. The first-order chi connectivity index (χ1) is 21.5. The van der Waals surface area contributed by atoms with Gasteiger partial charge in [0.1, 0.15) is 24.5 Å². The van der Waals surface area contributed by atoms with Crippen LogP contribution >= 0.6 is 0 Å². The average Bonchev–Trinajstić information content (AvgIpc) is 3.69. The van der Waals surface area contributed by atoms with Crippen LogP contribution in [0.15, 0.2) is 72.1 Å². The van der Waals surface area contributed by atoms with Gasteiger partial charge in [0, 0.05) is 42.8 Å². The number of amides is 1. The largest absolute Gasteiger partial charge is 0.503 e. The maximum atomic E-state index is 13.5. The van der Waals surface area contributed by atoms with Crippen LogP contribution in [0, 0.1) is 11.3 Å². The second-order valence-corrected chi connectivity index (χ2v) is 10.2. The van der Waals surface area contributed by atoms with Gasteiger partial charge in [-0.05, 0) is 31.2 Å². The summed E-state index contributed by atoms with van der Waals surface area (Å²) in [6.45, 7) is 0.113. The van der Waals surface area contributed by atoms with Crippen LogP contribution in [0.5, 0.6) is 11.8 Å². The third kappa shape index (κ3) is 6.16. The maximum absolute atomic E-state index is 13.5. The molecule has 0 saturated heterocycles. The SMILES string of the molecule is Cn1cc(-c2cnc(N(C(=O)OCc3ccccc3)[C@H]3CC[C@H](Oc4ncc(C#N)c(-c5nocc5O)n4)CC3)nc2)cn1. The van der Waals surface area contributed by atoms with E-state index >= 15 is 0 Å². The normalized spacial score (nSPS) is 16.2. The summed E-state index contributed by atoms with van der Waals surface area (Å²) in [6.07, 6.45) is 10.8. The molecule has 0 unspecified atom stereocenters. The molecule has 4 aromatic heterocycles. The average molecular weight is 594 g/mol. The van der Waals surface area contributed by atoms with Crippen molar-refractivity contribution in [1.29, 1.82) is 5.26 Å². The quantitative estimate of drug-likeness (QED) is 0.268. The molecule has 1 N–H and O–H groups in total. The Kier molecular flexibility index (Phi) is 8.08. The molecule has 44 heavy (non-hydrogen) atoms. The topological polar surface area (TPSA) is 178 Å². The molecule has 0 radical (unpaired) electrons. The molecule has 5 aromatic rings. The van der Waals surface area contributed by atoms with E-state index in [1.165, 1.54) is 11.1 Å². The number of hydrogen-bond acceptors (Lipinski definition) is 12. The van der Waals surface area contributed by atoms with Crippen LogP contribution in [0.3, 0.4) is 0 Å². The second kappa shape index (κ2) is 12.6. The Hall–Kier alpha value is -5.84. The Balaban J connectivity index is 1.17. The minimum Gasteiger partial charge on any atom is -0.503 e. The Morgan fingerprint density at radius 1 is 1.07 bits per heavy atom. The number of hydrogen-bond donors (Lipinski definition) is 1. The zero-order valence-corrected chi connectivity index (χ0v) is 23.6. The smallest absolute Gasteiger partial charge is 0.417 e. The van der Waals surface area contributed by atoms with Gasteiger partial charge in [-0.3, -0.25) is 4.68 Å². The van der Waals surface area contributed by atoms with E-state index in [0.717, 1.165) is 23.0 Å². The first-order valence-corrected chi connectivity index (χ1v) is 13.9. The van der Waals surface area contributed by atoms with Gasteiger partial charge < -0.3 is 19.1 Å². The maximum Gasteiger partial charge on any atom is 0.417 e. The van der Waals surface area contributed by atoms with Crippen LogP contribution < -0.4 is 9.64 Å². The Morgan fingerprint density at radius 3 is 2.50 bits per heavy atom. The lowest BCUT2D eigenvalue weighted by molar-refractivity contribution is 0.121. The lowest BCUT2D eigenvalue weighted by Crippen LogP contribution is -2.45. The minimum atomic E-state index is -0.542. The van der Waals surface area contributed by atoms with Gasteiger partial charge in [0.15, 0.2) is 17.7 Å². The molecular weight excluding hydrogens is 566 g/mol. The van der Waals surface area contributed by atoms with E-state index in [4.69, 9.17) is 14.0 Å². The van der Waals surface area contributed by atoms with Crippen molar-refractivity contribution >= 4 is 12.0 Å². The Morgan fingerprint density at radius 2 is 1.84 bits per heavy atom. The molecule has 0 bridgehead atoms. The third-order valence-corrected chi connectivity index (χ3v) is 7.24. The predicted octanol–water partition coefficient (Wildman–Crippen LogP) is 4.43. The van der Waals surface area contributed by atoms with Gasteiger partial charge in [0.25, 0.3) is 0 Å². The molecule has 222 valence electrons. The van der Waals surface area contributed by atoms with E-state index in [2.05, 4.69) is 30.2 Å².